The number of fused-ring (bicyclic) bond motifs is 1. The molecule has 12 nitrogen and oxygen atoms in total. The third-order valence-electron chi connectivity index (χ3n) is 8.29. The van der Waals surface area contributed by atoms with Crippen LogP contribution in [0.2, 0.25) is 0 Å². The molecule has 2 aliphatic rings. The fourth-order valence-corrected chi connectivity index (χ4v) is 7.38. The van der Waals surface area contributed by atoms with E-state index in [4.69, 9.17) is 19.2 Å². The first-order chi connectivity index (χ1) is 23.3. The highest BCUT2D eigenvalue weighted by molar-refractivity contribution is 7.92. The number of nitrogens with one attached hydrogen (secondary N) is 2. The molecule has 0 radical (unpaired) electrons. The zero-order chi connectivity index (χ0) is 34.8. The van der Waals surface area contributed by atoms with Crippen molar-refractivity contribution in [2.75, 3.05) is 35.5 Å². The molecule has 0 bridgehead atoms. The summed E-state index contributed by atoms with van der Waals surface area (Å²) in [7, 11) is -3.90. The maximum Gasteiger partial charge on any atom is 0.410 e. The minimum atomic E-state index is -3.90. The molecule has 4 heterocycles. The average molecular weight is 693 g/mol. The molecule has 6 rings (SSSR count). The van der Waals surface area contributed by atoms with Gasteiger partial charge in [-0.3, -0.25) is 4.72 Å². The van der Waals surface area contributed by atoms with Crippen LogP contribution >= 0.6 is 0 Å². The van der Waals surface area contributed by atoms with Gasteiger partial charge in [-0.05, 0) is 89.3 Å². The second-order valence-corrected chi connectivity index (χ2v) is 15.1. The highest BCUT2D eigenvalue weighted by Crippen LogP contribution is 2.40. The lowest BCUT2D eigenvalue weighted by atomic mass is 10.0. The highest BCUT2D eigenvalue weighted by Gasteiger charge is 2.29. The zero-order valence-corrected chi connectivity index (χ0v) is 28.8. The van der Waals surface area contributed by atoms with Gasteiger partial charge >= 0.3 is 6.09 Å². The number of nitrogens with zero attached hydrogens (tertiary/aromatic N) is 4. The molecule has 2 atom stereocenters. The Morgan fingerprint density at radius 2 is 1.88 bits per heavy atom. The maximum atomic E-state index is 15.2. The summed E-state index contributed by atoms with van der Waals surface area (Å²) in [4.78, 5) is 28.0. The third kappa shape index (κ3) is 8.36. The summed E-state index contributed by atoms with van der Waals surface area (Å²) in [6, 6.07) is 11.5. The number of benzene rings is 2. The van der Waals surface area contributed by atoms with Crippen LogP contribution in [0.25, 0.3) is 22.0 Å². The lowest BCUT2D eigenvalue weighted by Gasteiger charge is -2.34. The van der Waals surface area contributed by atoms with E-state index in [0.29, 0.717) is 59.8 Å². The van der Waals surface area contributed by atoms with Gasteiger partial charge in [-0.15, -0.1) is 0 Å². The van der Waals surface area contributed by atoms with E-state index in [0.717, 1.165) is 24.8 Å². The predicted molar refractivity (Wildman–Crippen MR) is 185 cm³/mol. The monoisotopic (exact) mass is 692 g/mol. The van der Waals surface area contributed by atoms with Crippen molar-refractivity contribution < 1.29 is 31.8 Å². The SMILES string of the molecule is Cc1ccc2c(NS(=O)(=O)CC3CCCO3)c(F)ccc2c1Oc1ncccc1-c1ccnc(NC2CCCN(C(=O)OC(C)(C)C)C2)n1. The first-order valence-electron chi connectivity index (χ1n) is 16.4. The average Bonchev–Trinajstić information content (AvgIpc) is 3.55. The van der Waals surface area contributed by atoms with Crippen LogP contribution in [0.15, 0.2) is 54.9 Å². The van der Waals surface area contributed by atoms with Crippen LogP contribution in [0.5, 0.6) is 11.6 Å². The Morgan fingerprint density at radius 3 is 2.65 bits per heavy atom. The van der Waals surface area contributed by atoms with E-state index in [9.17, 15) is 13.2 Å². The van der Waals surface area contributed by atoms with Crippen molar-refractivity contribution in [1.29, 1.82) is 0 Å². The second kappa shape index (κ2) is 14.1. The van der Waals surface area contributed by atoms with Crippen molar-refractivity contribution in [2.45, 2.75) is 71.1 Å². The Balaban J connectivity index is 1.25. The number of carbonyl (C=O) groups is 1. The van der Waals surface area contributed by atoms with Crippen LogP contribution in [0.1, 0.15) is 52.0 Å². The van der Waals surface area contributed by atoms with E-state index in [1.54, 1.807) is 47.6 Å². The van der Waals surface area contributed by atoms with Crippen molar-refractivity contribution in [3.63, 3.8) is 0 Å². The summed E-state index contributed by atoms with van der Waals surface area (Å²) in [5.74, 6) is 0.0775. The van der Waals surface area contributed by atoms with Crippen LogP contribution in [-0.2, 0) is 19.5 Å². The van der Waals surface area contributed by atoms with Gasteiger partial charge in [0, 0.05) is 48.9 Å². The molecule has 2 aromatic carbocycles. The van der Waals surface area contributed by atoms with Gasteiger partial charge in [-0.25, -0.2) is 32.6 Å². The smallest absolute Gasteiger partial charge is 0.410 e. The molecular weight excluding hydrogens is 651 g/mol. The number of anilines is 2. The summed E-state index contributed by atoms with van der Waals surface area (Å²) in [6.45, 7) is 8.97. The lowest BCUT2D eigenvalue weighted by molar-refractivity contribution is 0.0206. The van der Waals surface area contributed by atoms with E-state index in [1.165, 1.54) is 6.07 Å². The van der Waals surface area contributed by atoms with Crippen molar-refractivity contribution in [3.05, 3.63) is 66.2 Å². The number of aryl methyl sites for hydroxylation is 1. The van der Waals surface area contributed by atoms with Crippen molar-refractivity contribution in [2.24, 2.45) is 0 Å². The quantitative estimate of drug-likeness (QED) is 0.195. The maximum absolute atomic E-state index is 15.2. The molecule has 2 N–H and O–H groups in total. The van der Waals surface area contributed by atoms with Gasteiger partial charge < -0.3 is 24.4 Å². The van der Waals surface area contributed by atoms with Crippen molar-refractivity contribution >= 4 is 38.5 Å². The van der Waals surface area contributed by atoms with Crippen LogP contribution in [0.3, 0.4) is 0 Å². The summed E-state index contributed by atoms with van der Waals surface area (Å²) >= 11 is 0. The number of aromatic nitrogens is 3. The van der Waals surface area contributed by atoms with Gasteiger partial charge in [-0.2, -0.15) is 0 Å². The second-order valence-electron chi connectivity index (χ2n) is 13.4. The number of rotatable bonds is 9. The number of ether oxygens (including phenoxy) is 3. The van der Waals surface area contributed by atoms with Crippen LogP contribution in [0, 0.1) is 12.7 Å². The van der Waals surface area contributed by atoms with Gasteiger partial charge in [0.05, 0.1) is 28.8 Å². The molecule has 2 aromatic heterocycles. The van der Waals surface area contributed by atoms with E-state index in [-0.39, 0.29) is 29.5 Å². The Hall–Kier alpha value is -4.56. The Kier molecular flexibility index (Phi) is 9.89. The van der Waals surface area contributed by atoms with Gasteiger partial charge in [0.2, 0.25) is 21.9 Å². The fourth-order valence-electron chi connectivity index (χ4n) is 6.03. The van der Waals surface area contributed by atoms with Crippen LogP contribution in [-0.4, -0.2) is 77.6 Å². The summed E-state index contributed by atoms with van der Waals surface area (Å²) in [5.41, 5.74) is 1.14. The standard InChI is InChI=1S/C35H41FN6O6S/c1-22-11-12-25-26(13-14-28(36)30(25)41-49(44,45)21-24-9-7-19-46-24)31(22)47-32-27(10-5-16-37-32)29-15-17-38-33(40-29)39-23-8-6-18-42(20-23)34(43)48-35(2,3)4/h5,10-17,23-24,41H,6-9,18-21H2,1-4H3,(H,38,39,40). The van der Waals surface area contributed by atoms with Gasteiger partial charge in [0.25, 0.3) is 0 Å². The predicted octanol–water partition coefficient (Wildman–Crippen LogP) is 6.66. The Bertz CT molecular complexity index is 1950. The molecule has 1 amide bonds. The number of hydrogen-bond acceptors (Lipinski definition) is 10. The normalized spacial score (nSPS) is 18.3. The molecule has 0 saturated carbocycles. The van der Waals surface area contributed by atoms with E-state index in [2.05, 4.69) is 20.0 Å². The van der Waals surface area contributed by atoms with Crippen molar-refractivity contribution in [1.82, 2.24) is 19.9 Å². The van der Waals surface area contributed by atoms with E-state index < -0.39 is 27.5 Å². The van der Waals surface area contributed by atoms with Gasteiger partial charge in [-0.1, -0.05) is 12.1 Å². The molecule has 2 fully saturated rings. The van der Waals surface area contributed by atoms with Crippen LogP contribution < -0.4 is 14.8 Å². The molecule has 14 heteroatoms. The molecule has 0 spiro atoms. The Labute approximate surface area is 285 Å². The number of carbonyl (C=O) groups excluding carboxylic acids is 1. The minimum Gasteiger partial charge on any atom is -0.444 e. The summed E-state index contributed by atoms with van der Waals surface area (Å²) < 4.78 is 61.1. The molecule has 49 heavy (non-hydrogen) atoms. The number of likely N-dealkylation sites (tertiary alicyclic amines) is 1. The van der Waals surface area contributed by atoms with Crippen molar-refractivity contribution in [3.8, 4) is 22.9 Å². The highest BCUT2D eigenvalue weighted by atomic mass is 32.2. The lowest BCUT2D eigenvalue weighted by Crippen LogP contribution is -2.47. The molecule has 2 unspecified atom stereocenters. The summed E-state index contributed by atoms with van der Waals surface area (Å²) in [6.07, 6.45) is 5.53. The number of pyridine rings is 1. The van der Waals surface area contributed by atoms with Gasteiger partial charge in [0.1, 0.15) is 17.2 Å². The minimum absolute atomic E-state index is 0.0721. The van der Waals surface area contributed by atoms with E-state index in [1.807, 2.05) is 33.8 Å². The largest absolute Gasteiger partial charge is 0.444 e. The molecule has 2 saturated heterocycles. The number of halogens is 1. The van der Waals surface area contributed by atoms with E-state index >= 15 is 4.39 Å². The number of piperidine rings is 1. The van der Waals surface area contributed by atoms with Crippen LogP contribution in [0.4, 0.5) is 20.8 Å². The summed E-state index contributed by atoms with van der Waals surface area (Å²) in [5, 5.41) is 4.21. The topological polar surface area (TPSA) is 145 Å². The number of sulfonamides is 1. The molecule has 4 aromatic rings. The molecule has 0 aliphatic carbocycles. The molecule has 2 aliphatic heterocycles. The Morgan fingerprint density at radius 1 is 1.06 bits per heavy atom. The number of amides is 1. The molecular formula is C35H41FN6O6S. The first-order valence-corrected chi connectivity index (χ1v) is 18.0. The number of hydrogen-bond donors (Lipinski definition) is 2. The zero-order valence-electron chi connectivity index (χ0n) is 28.0. The third-order valence-corrected chi connectivity index (χ3v) is 9.62. The molecule has 260 valence electrons. The van der Waals surface area contributed by atoms with Gasteiger partial charge in [0.15, 0.2) is 0 Å². The fraction of sp³-hybridized carbons (Fsp3) is 0.429. The first kappa shape index (κ1) is 34.3.